The third-order valence-electron chi connectivity index (χ3n) is 2.99. The highest BCUT2D eigenvalue weighted by Gasteiger charge is 2.17. The van der Waals surface area contributed by atoms with E-state index in [1.54, 1.807) is 6.20 Å². The monoisotopic (exact) mass is 253 g/mol. The van der Waals surface area contributed by atoms with E-state index < -0.39 is 10.8 Å². The summed E-state index contributed by atoms with van der Waals surface area (Å²) in [7, 11) is -1.12. The van der Waals surface area contributed by atoms with Gasteiger partial charge in [0.1, 0.15) is 0 Å². The van der Waals surface area contributed by atoms with E-state index in [0.29, 0.717) is 5.65 Å². The third-order valence-corrected chi connectivity index (χ3v) is 4.05. The standard InChI is InChI=1S/C13H7N3OS/c17-18-7-15-12-9-6-8-2-1-5-14-13(8)16-10(9)3-4-11(12)18/h1-7H. The van der Waals surface area contributed by atoms with Crippen LogP contribution in [0.3, 0.4) is 0 Å². The lowest BCUT2D eigenvalue weighted by molar-refractivity contribution is 0.691. The SMILES string of the molecule is O=S1C=Nc2c1ccc1nc3ncccc3cc21. The average Bonchev–Trinajstić information content (AvgIpc) is 2.78. The van der Waals surface area contributed by atoms with Gasteiger partial charge in [-0.1, -0.05) is 0 Å². The molecule has 0 aliphatic carbocycles. The molecule has 0 fully saturated rings. The molecule has 5 heteroatoms. The largest absolute Gasteiger partial charge is 0.248 e. The van der Waals surface area contributed by atoms with Crippen molar-refractivity contribution < 1.29 is 4.21 Å². The number of rotatable bonds is 0. The molecule has 1 aliphatic heterocycles. The van der Waals surface area contributed by atoms with Crippen LogP contribution in [0.5, 0.6) is 0 Å². The topological polar surface area (TPSA) is 55.2 Å². The lowest BCUT2D eigenvalue weighted by Gasteiger charge is -2.04. The third kappa shape index (κ3) is 1.25. The van der Waals surface area contributed by atoms with Crippen molar-refractivity contribution in [3.8, 4) is 0 Å². The van der Waals surface area contributed by atoms with Gasteiger partial charge in [-0.2, -0.15) is 0 Å². The lowest BCUT2D eigenvalue weighted by Crippen LogP contribution is -1.88. The fourth-order valence-electron chi connectivity index (χ4n) is 2.16. The van der Waals surface area contributed by atoms with E-state index in [1.165, 1.54) is 5.55 Å². The second kappa shape index (κ2) is 3.43. The van der Waals surface area contributed by atoms with Crippen LogP contribution >= 0.6 is 0 Å². The normalized spacial score (nSPS) is 17.4. The molecule has 86 valence electrons. The average molecular weight is 253 g/mol. The first-order valence-corrected chi connectivity index (χ1v) is 6.67. The molecule has 0 saturated carbocycles. The Labute approximate surface area is 105 Å². The van der Waals surface area contributed by atoms with Crippen LogP contribution in [0.15, 0.2) is 46.4 Å². The van der Waals surface area contributed by atoms with Gasteiger partial charge in [0.2, 0.25) is 0 Å². The number of nitrogens with zero attached hydrogens (tertiary/aromatic N) is 3. The van der Waals surface area contributed by atoms with Crippen LogP contribution < -0.4 is 0 Å². The molecule has 0 amide bonds. The van der Waals surface area contributed by atoms with Crippen molar-refractivity contribution in [1.29, 1.82) is 0 Å². The Morgan fingerprint density at radius 1 is 1.17 bits per heavy atom. The summed E-state index contributed by atoms with van der Waals surface area (Å²) in [6.45, 7) is 0. The quantitative estimate of drug-likeness (QED) is 0.578. The fourth-order valence-corrected chi connectivity index (χ4v) is 3.03. The molecule has 4 nitrogen and oxygen atoms in total. The Morgan fingerprint density at radius 3 is 3.06 bits per heavy atom. The zero-order valence-corrected chi connectivity index (χ0v) is 10.0. The second-order valence-corrected chi connectivity index (χ2v) is 5.29. The molecule has 1 aliphatic rings. The molecule has 3 aromatic rings. The predicted octanol–water partition coefficient (Wildman–Crippen LogP) is 2.56. The summed E-state index contributed by atoms with van der Waals surface area (Å²) in [6.07, 6.45) is 1.72. The lowest BCUT2D eigenvalue weighted by atomic mass is 10.1. The molecule has 1 unspecified atom stereocenters. The summed E-state index contributed by atoms with van der Waals surface area (Å²) in [5.41, 5.74) is 3.78. The van der Waals surface area contributed by atoms with E-state index in [-0.39, 0.29) is 0 Å². The van der Waals surface area contributed by atoms with E-state index in [1.807, 2.05) is 30.3 Å². The highest BCUT2D eigenvalue weighted by molar-refractivity contribution is 7.99. The first-order valence-electron chi connectivity index (χ1n) is 5.46. The predicted molar refractivity (Wildman–Crippen MR) is 71.6 cm³/mol. The Bertz CT molecular complexity index is 857. The zero-order valence-electron chi connectivity index (χ0n) is 9.20. The molecular formula is C13H7N3OS. The molecule has 0 radical (unpaired) electrons. The molecule has 18 heavy (non-hydrogen) atoms. The summed E-state index contributed by atoms with van der Waals surface area (Å²) in [6, 6.07) is 9.53. The first kappa shape index (κ1) is 9.85. The Kier molecular flexibility index (Phi) is 1.87. The number of benzene rings is 1. The van der Waals surface area contributed by atoms with Crippen molar-refractivity contribution in [2.75, 3.05) is 0 Å². The minimum Gasteiger partial charge on any atom is -0.248 e. The van der Waals surface area contributed by atoms with Crippen LogP contribution in [-0.2, 0) is 10.8 Å². The van der Waals surface area contributed by atoms with Crippen LogP contribution in [0.2, 0.25) is 0 Å². The number of hydrogen-bond donors (Lipinski definition) is 0. The number of aromatic nitrogens is 2. The summed E-state index contributed by atoms with van der Waals surface area (Å²) < 4.78 is 11.7. The van der Waals surface area contributed by atoms with Gasteiger partial charge in [0.15, 0.2) is 5.65 Å². The molecular weight excluding hydrogens is 246 g/mol. The Hall–Kier alpha value is -2.14. The maximum atomic E-state index is 11.7. The van der Waals surface area contributed by atoms with Crippen LogP contribution in [-0.4, -0.2) is 19.7 Å². The smallest absolute Gasteiger partial charge is 0.159 e. The number of aliphatic imine (C=N–C) groups is 1. The van der Waals surface area contributed by atoms with Crippen LogP contribution in [0.25, 0.3) is 21.9 Å². The molecule has 0 bridgehead atoms. The van der Waals surface area contributed by atoms with Crippen molar-refractivity contribution in [2.45, 2.75) is 4.90 Å². The van der Waals surface area contributed by atoms with E-state index in [0.717, 1.165) is 26.9 Å². The highest BCUT2D eigenvalue weighted by atomic mass is 32.2. The van der Waals surface area contributed by atoms with Gasteiger partial charge in [-0.05, 0) is 30.3 Å². The van der Waals surface area contributed by atoms with Gasteiger partial charge in [0, 0.05) is 17.0 Å². The van der Waals surface area contributed by atoms with Crippen molar-refractivity contribution >= 4 is 44.0 Å². The zero-order chi connectivity index (χ0) is 12.1. The van der Waals surface area contributed by atoms with Gasteiger partial charge in [0.25, 0.3) is 0 Å². The molecule has 1 atom stereocenters. The van der Waals surface area contributed by atoms with Gasteiger partial charge in [-0.15, -0.1) is 0 Å². The molecule has 2 aromatic heterocycles. The summed E-state index contributed by atoms with van der Waals surface area (Å²) in [5.74, 6) is 0. The van der Waals surface area contributed by atoms with Crippen LogP contribution in [0.4, 0.5) is 5.69 Å². The molecule has 0 spiro atoms. The van der Waals surface area contributed by atoms with Crippen LogP contribution in [0, 0.1) is 0 Å². The fraction of sp³-hybridized carbons (Fsp3) is 0. The summed E-state index contributed by atoms with van der Waals surface area (Å²) in [5, 5.41) is 1.89. The van der Waals surface area contributed by atoms with Crippen molar-refractivity contribution in [3.05, 3.63) is 36.5 Å². The molecule has 4 rings (SSSR count). The van der Waals surface area contributed by atoms with Crippen molar-refractivity contribution in [2.24, 2.45) is 4.99 Å². The minimum atomic E-state index is -1.12. The minimum absolute atomic E-state index is 0.716. The number of fused-ring (bicyclic) bond motifs is 4. The number of pyridine rings is 2. The van der Waals surface area contributed by atoms with Gasteiger partial charge >= 0.3 is 0 Å². The molecule has 1 aromatic carbocycles. The van der Waals surface area contributed by atoms with E-state index in [2.05, 4.69) is 15.0 Å². The van der Waals surface area contributed by atoms with Crippen molar-refractivity contribution in [3.63, 3.8) is 0 Å². The Morgan fingerprint density at radius 2 is 2.11 bits per heavy atom. The van der Waals surface area contributed by atoms with Crippen LogP contribution in [0.1, 0.15) is 0 Å². The highest BCUT2D eigenvalue weighted by Crippen LogP contribution is 2.35. The maximum absolute atomic E-state index is 11.7. The van der Waals surface area contributed by atoms with Gasteiger partial charge < -0.3 is 0 Å². The number of hydrogen-bond acceptors (Lipinski definition) is 4. The van der Waals surface area contributed by atoms with E-state index >= 15 is 0 Å². The molecule has 0 N–H and O–H groups in total. The summed E-state index contributed by atoms with van der Waals surface area (Å²) in [4.78, 5) is 13.7. The molecule has 0 saturated heterocycles. The first-order chi connectivity index (χ1) is 8.83. The van der Waals surface area contributed by atoms with Gasteiger partial charge in [0.05, 0.1) is 32.4 Å². The Balaban J connectivity index is 2.20. The maximum Gasteiger partial charge on any atom is 0.159 e. The summed E-state index contributed by atoms with van der Waals surface area (Å²) >= 11 is 0. The molecule has 3 heterocycles. The van der Waals surface area contributed by atoms with E-state index in [4.69, 9.17) is 0 Å². The van der Waals surface area contributed by atoms with Crippen molar-refractivity contribution in [1.82, 2.24) is 9.97 Å². The van der Waals surface area contributed by atoms with Gasteiger partial charge in [-0.25, -0.2) is 19.2 Å². The van der Waals surface area contributed by atoms with Gasteiger partial charge in [-0.3, -0.25) is 0 Å². The van der Waals surface area contributed by atoms with E-state index in [9.17, 15) is 4.21 Å². The second-order valence-electron chi connectivity index (χ2n) is 4.05.